The number of ether oxygens (including phenoxy) is 1. The third-order valence-electron chi connectivity index (χ3n) is 5.91. The Kier molecular flexibility index (Phi) is 6.16. The van der Waals surface area contributed by atoms with Crippen LogP contribution in [0.15, 0.2) is 48.5 Å². The summed E-state index contributed by atoms with van der Waals surface area (Å²) in [4.78, 5) is 21.9. The second kappa shape index (κ2) is 9.16. The Morgan fingerprint density at radius 2 is 1.84 bits per heavy atom. The first-order chi connectivity index (χ1) is 15.1. The maximum atomic E-state index is 11.0. The predicted molar refractivity (Wildman–Crippen MR) is 120 cm³/mol. The molecule has 1 saturated heterocycles. The molecule has 0 atom stereocenters. The van der Waals surface area contributed by atoms with Gasteiger partial charge in [-0.25, -0.2) is 9.97 Å². The predicted octanol–water partition coefficient (Wildman–Crippen LogP) is 4.08. The Bertz CT molecular complexity index is 1060. The molecule has 4 rings (SSSR count). The van der Waals surface area contributed by atoms with E-state index in [4.69, 9.17) is 4.74 Å². The largest absolute Gasteiger partial charge is 0.504 e. The zero-order valence-corrected chi connectivity index (χ0v) is 17.8. The molecule has 1 N–H and O–H groups in total. The first-order valence-corrected chi connectivity index (χ1v) is 10.5. The molecule has 31 heavy (non-hydrogen) atoms. The lowest BCUT2D eigenvalue weighted by atomic mass is 9.92. The van der Waals surface area contributed by atoms with Crippen LogP contribution < -0.4 is 9.64 Å². The first kappa shape index (κ1) is 20.8. The molecule has 3 aromatic rings. The Morgan fingerprint density at radius 3 is 2.52 bits per heavy atom. The summed E-state index contributed by atoms with van der Waals surface area (Å²) in [6, 6.07) is 16.7. The average Bonchev–Trinajstić information content (AvgIpc) is 2.82. The fraction of sp³-hybridized carbons (Fsp3) is 0.320. The summed E-state index contributed by atoms with van der Waals surface area (Å²) in [6.07, 6.45) is 4.37. The van der Waals surface area contributed by atoms with Gasteiger partial charge in [-0.2, -0.15) is 0 Å². The van der Waals surface area contributed by atoms with Gasteiger partial charge < -0.3 is 14.7 Å². The molecule has 0 amide bonds. The smallest absolute Gasteiger partial charge is 0.257 e. The highest BCUT2D eigenvalue weighted by atomic mass is 16.5. The Hall–Kier alpha value is -3.41. The van der Waals surface area contributed by atoms with Crippen LogP contribution in [0.1, 0.15) is 30.1 Å². The molecule has 0 aliphatic carbocycles. The molecule has 2 heterocycles. The number of aromatic hydroxyl groups is 1. The van der Waals surface area contributed by atoms with Crippen molar-refractivity contribution in [3.05, 3.63) is 65.7 Å². The van der Waals surface area contributed by atoms with Gasteiger partial charge in [0.2, 0.25) is 0 Å². The van der Waals surface area contributed by atoms with Crippen LogP contribution in [-0.4, -0.2) is 41.6 Å². The van der Waals surface area contributed by atoms with Gasteiger partial charge in [-0.15, -0.1) is 0 Å². The summed E-state index contributed by atoms with van der Waals surface area (Å²) < 4.78 is 5.71. The normalized spacial score (nSPS) is 14.5. The lowest BCUT2D eigenvalue weighted by molar-refractivity contribution is 0.384. The van der Waals surface area contributed by atoms with Crippen molar-refractivity contribution in [3.63, 3.8) is 0 Å². The lowest BCUT2D eigenvalue weighted by Crippen LogP contribution is -2.34. The summed E-state index contributed by atoms with van der Waals surface area (Å²) in [7, 11) is 1.71. The minimum absolute atomic E-state index is 0.0526. The number of carbonyl (C=O) groups excluding carboxylic acids is 1. The van der Waals surface area contributed by atoms with Crippen molar-refractivity contribution in [2.75, 3.05) is 25.1 Å². The van der Waals surface area contributed by atoms with Crippen molar-refractivity contribution in [1.29, 1.82) is 0 Å². The summed E-state index contributed by atoms with van der Waals surface area (Å²) in [6.45, 7) is 3.50. The van der Waals surface area contributed by atoms with E-state index in [2.05, 4.69) is 45.2 Å². The SMILES string of the molecule is COc1cc(-c2ccccc2)ccc1N1CCC(Cc2nc(C)c(O)c([C]=O)n2)CC1. The topological polar surface area (TPSA) is 75.6 Å². The van der Waals surface area contributed by atoms with Gasteiger partial charge in [0.15, 0.2) is 11.4 Å². The molecule has 1 radical (unpaired) electrons. The van der Waals surface area contributed by atoms with Crippen LogP contribution in [0, 0.1) is 12.8 Å². The number of rotatable bonds is 6. The number of piperidine rings is 1. The molecule has 159 valence electrons. The van der Waals surface area contributed by atoms with Crippen molar-refractivity contribution in [2.24, 2.45) is 5.92 Å². The molecule has 1 aliphatic rings. The first-order valence-electron chi connectivity index (χ1n) is 10.5. The van der Waals surface area contributed by atoms with Gasteiger partial charge in [-0.05, 0) is 48.9 Å². The average molecular weight is 417 g/mol. The minimum Gasteiger partial charge on any atom is -0.504 e. The number of aromatic nitrogens is 2. The summed E-state index contributed by atoms with van der Waals surface area (Å²) in [5.41, 5.74) is 3.78. The third-order valence-corrected chi connectivity index (χ3v) is 5.91. The fourth-order valence-electron chi connectivity index (χ4n) is 4.17. The van der Waals surface area contributed by atoms with Gasteiger partial charge in [-0.1, -0.05) is 36.4 Å². The van der Waals surface area contributed by atoms with E-state index in [0.717, 1.165) is 42.9 Å². The number of benzene rings is 2. The van der Waals surface area contributed by atoms with Gasteiger partial charge in [0.25, 0.3) is 6.29 Å². The molecule has 1 fully saturated rings. The molecular formula is C25H26N3O3. The van der Waals surface area contributed by atoms with Crippen molar-refractivity contribution >= 4 is 12.0 Å². The number of hydrogen-bond acceptors (Lipinski definition) is 6. The molecule has 0 saturated carbocycles. The summed E-state index contributed by atoms with van der Waals surface area (Å²) in [5.74, 6) is 1.72. The number of methoxy groups -OCH3 is 1. The highest BCUT2D eigenvalue weighted by Crippen LogP contribution is 2.35. The maximum Gasteiger partial charge on any atom is 0.257 e. The Morgan fingerprint density at radius 1 is 1.10 bits per heavy atom. The molecule has 6 heteroatoms. The van der Waals surface area contributed by atoms with Crippen LogP contribution in [0.5, 0.6) is 11.5 Å². The Labute approximate surface area is 182 Å². The molecule has 0 spiro atoms. The van der Waals surface area contributed by atoms with Gasteiger partial charge in [-0.3, -0.25) is 4.79 Å². The lowest BCUT2D eigenvalue weighted by Gasteiger charge is -2.34. The van der Waals surface area contributed by atoms with Crippen LogP contribution in [0.25, 0.3) is 11.1 Å². The minimum atomic E-state index is -0.181. The Balaban J connectivity index is 1.44. The van der Waals surface area contributed by atoms with E-state index in [9.17, 15) is 9.90 Å². The van der Waals surface area contributed by atoms with E-state index in [0.29, 0.717) is 23.9 Å². The van der Waals surface area contributed by atoms with Crippen molar-refractivity contribution in [2.45, 2.75) is 26.2 Å². The maximum absolute atomic E-state index is 11.0. The molecule has 6 nitrogen and oxygen atoms in total. The fourth-order valence-corrected chi connectivity index (χ4v) is 4.17. The molecular weight excluding hydrogens is 390 g/mol. The third kappa shape index (κ3) is 4.53. The van der Waals surface area contributed by atoms with Crippen LogP contribution in [0.3, 0.4) is 0 Å². The molecule has 0 bridgehead atoms. The molecule has 0 unspecified atom stereocenters. The number of aryl methyl sites for hydroxylation is 1. The van der Waals surface area contributed by atoms with E-state index in [1.54, 1.807) is 20.3 Å². The zero-order chi connectivity index (χ0) is 21.8. The van der Waals surface area contributed by atoms with E-state index in [-0.39, 0.29) is 11.4 Å². The summed E-state index contributed by atoms with van der Waals surface area (Å²) >= 11 is 0. The van der Waals surface area contributed by atoms with Gasteiger partial charge in [0.05, 0.1) is 18.5 Å². The van der Waals surface area contributed by atoms with Crippen molar-refractivity contribution < 1.29 is 14.6 Å². The van der Waals surface area contributed by atoms with Crippen LogP contribution >= 0.6 is 0 Å². The number of hydrogen-bond donors (Lipinski definition) is 1. The number of anilines is 1. The monoisotopic (exact) mass is 416 g/mol. The second-order valence-electron chi connectivity index (χ2n) is 7.91. The highest BCUT2D eigenvalue weighted by Gasteiger charge is 2.23. The van der Waals surface area contributed by atoms with Crippen LogP contribution in [-0.2, 0) is 11.2 Å². The van der Waals surface area contributed by atoms with Crippen molar-refractivity contribution in [3.8, 4) is 22.6 Å². The van der Waals surface area contributed by atoms with E-state index < -0.39 is 0 Å². The van der Waals surface area contributed by atoms with E-state index in [1.165, 1.54) is 5.56 Å². The van der Waals surface area contributed by atoms with Crippen LogP contribution in [0.2, 0.25) is 0 Å². The molecule has 1 aliphatic heterocycles. The standard InChI is InChI=1S/C25H26N3O3/c1-17-25(30)21(16-29)27-24(26-17)14-18-10-12-28(13-11-18)22-9-8-20(15-23(22)31-2)19-6-4-3-5-7-19/h3-9,15,18,30H,10-14H2,1-2H3. The van der Waals surface area contributed by atoms with E-state index in [1.807, 2.05) is 18.2 Å². The second-order valence-corrected chi connectivity index (χ2v) is 7.91. The molecule has 1 aromatic heterocycles. The van der Waals surface area contributed by atoms with Gasteiger partial charge in [0.1, 0.15) is 11.6 Å². The van der Waals surface area contributed by atoms with Gasteiger partial charge in [0, 0.05) is 19.5 Å². The van der Waals surface area contributed by atoms with Crippen molar-refractivity contribution in [1.82, 2.24) is 9.97 Å². The van der Waals surface area contributed by atoms with E-state index >= 15 is 0 Å². The highest BCUT2D eigenvalue weighted by molar-refractivity contribution is 5.77. The molecule has 2 aromatic carbocycles. The summed E-state index contributed by atoms with van der Waals surface area (Å²) in [5, 5.41) is 9.82. The number of nitrogens with zero attached hydrogens (tertiary/aromatic N) is 3. The van der Waals surface area contributed by atoms with Crippen LogP contribution in [0.4, 0.5) is 5.69 Å². The zero-order valence-electron chi connectivity index (χ0n) is 17.8. The quantitative estimate of drug-likeness (QED) is 0.653. The van der Waals surface area contributed by atoms with Gasteiger partial charge >= 0.3 is 0 Å².